The normalized spacial score (nSPS) is 14.3. The minimum Gasteiger partial charge on any atom is -0.478 e. The summed E-state index contributed by atoms with van der Waals surface area (Å²) in [5, 5.41) is 9.10. The second-order valence-corrected chi connectivity index (χ2v) is 6.41. The monoisotopic (exact) mass is 396 g/mol. The largest absolute Gasteiger partial charge is 0.478 e. The summed E-state index contributed by atoms with van der Waals surface area (Å²) in [6.45, 7) is 3.40. The Labute approximate surface area is 161 Å². The zero-order chi connectivity index (χ0) is 19.1. The van der Waals surface area contributed by atoms with Crippen LogP contribution in [0.4, 0.5) is 0 Å². The summed E-state index contributed by atoms with van der Waals surface area (Å²) in [6.07, 6.45) is 2.74. The summed E-state index contributed by atoms with van der Waals surface area (Å²) in [4.78, 5) is 33.8. The SMILES string of the molecule is CN1CCN(C(=O)c2ccc(Cl)nc2)CC1.O=C(O)c1ccc(Cl)nc1. The number of carbonyl (C=O) groups is 2. The van der Waals surface area contributed by atoms with Crippen LogP contribution in [0.2, 0.25) is 10.3 Å². The number of aromatic carboxylic acids is 1. The highest BCUT2D eigenvalue weighted by Crippen LogP contribution is 2.10. The van der Waals surface area contributed by atoms with Crippen LogP contribution in [0.5, 0.6) is 0 Å². The number of hydrogen-bond acceptors (Lipinski definition) is 5. The van der Waals surface area contributed by atoms with Gasteiger partial charge in [0.25, 0.3) is 5.91 Å². The molecule has 0 spiro atoms. The molecular formula is C17H18Cl2N4O3. The van der Waals surface area contributed by atoms with Gasteiger partial charge in [-0.15, -0.1) is 0 Å². The van der Waals surface area contributed by atoms with Crippen LogP contribution in [0.3, 0.4) is 0 Å². The molecule has 1 aliphatic rings. The quantitative estimate of drug-likeness (QED) is 0.784. The van der Waals surface area contributed by atoms with E-state index in [1.807, 2.05) is 4.90 Å². The molecule has 0 radical (unpaired) electrons. The van der Waals surface area contributed by atoms with Gasteiger partial charge >= 0.3 is 5.97 Å². The van der Waals surface area contributed by atoms with Gasteiger partial charge in [-0.25, -0.2) is 14.8 Å². The molecule has 0 atom stereocenters. The number of likely N-dealkylation sites (N-methyl/N-ethyl adjacent to an activating group) is 1. The molecular weight excluding hydrogens is 379 g/mol. The number of carboxylic acids is 1. The van der Waals surface area contributed by atoms with Gasteiger partial charge in [0.1, 0.15) is 10.3 Å². The fourth-order valence-electron chi connectivity index (χ4n) is 2.20. The van der Waals surface area contributed by atoms with Gasteiger partial charge in [0.2, 0.25) is 0 Å². The van der Waals surface area contributed by atoms with E-state index in [-0.39, 0.29) is 11.5 Å². The Morgan fingerprint density at radius 2 is 1.42 bits per heavy atom. The number of aromatic nitrogens is 2. The highest BCUT2D eigenvalue weighted by molar-refractivity contribution is 6.29. The number of rotatable bonds is 2. The van der Waals surface area contributed by atoms with E-state index in [0.717, 1.165) is 26.2 Å². The van der Waals surface area contributed by atoms with E-state index >= 15 is 0 Å². The summed E-state index contributed by atoms with van der Waals surface area (Å²) in [6, 6.07) is 6.20. The summed E-state index contributed by atoms with van der Waals surface area (Å²) in [7, 11) is 2.06. The van der Waals surface area contributed by atoms with Crippen LogP contribution in [0, 0.1) is 0 Å². The minimum absolute atomic E-state index is 0.0391. The van der Waals surface area contributed by atoms with Crippen LogP contribution < -0.4 is 0 Å². The highest BCUT2D eigenvalue weighted by atomic mass is 35.5. The van der Waals surface area contributed by atoms with E-state index in [1.165, 1.54) is 24.5 Å². The first-order valence-corrected chi connectivity index (χ1v) is 8.56. The predicted molar refractivity (Wildman–Crippen MR) is 98.9 cm³/mol. The number of halogens is 2. The van der Waals surface area contributed by atoms with Gasteiger partial charge in [-0.05, 0) is 31.3 Å². The van der Waals surface area contributed by atoms with E-state index in [2.05, 4.69) is 21.9 Å². The summed E-state index contributed by atoms with van der Waals surface area (Å²) >= 11 is 11.1. The molecule has 2 aromatic rings. The maximum Gasteiger partial charge on any atom is 0.337 e. The first-order chi connectivity index (χ1) is 12.4. The maximum absolute atomic E-state index is 12.0. The summed E-state index contributed by atoms with van der Waals surface area (Å²) in [5.41, 5.74) is 0.748. The first-order valence-electron chi connectivity index (χ1n) is 7.81. The number of amides is 1. The molecule has 3 rings (SSSR count). The Hall–Kier alpha value is -2.22. The number of pyridine rings is 2. The van der Waals surface area contributed by atoms with Crippen molar-refractivity contribution in [1.29, 1.82) is 0 Å². The van der Waals surface area contributed by atoms with E-state index in [1.54, 1.807) is 12.1 Å². The van der Waals surface area contributed by atoms with Gasteiger partial charge in [0.15, 0.2) is 0 Å². The second kappa shape index (κ2) is 9.47. The zero-order valence-corrected chi connectivity index (χ0v) is 15.6. The molecule has 1 fully saturated rings. The van der Waals surface area contributed by atoms with Gasteiger partial charge in [-0.2, -0.15) is 0 Å². The molecule has 1 saturated heterocycles. The third kappa shape index (κ3) is 5.94. The molecule has 2 aromatic heterocycles. The molecule has 9 heteroatoms. The molecule has 0 bridgehead atoms. The van der Waals surface area contributed by atoms with Gasteiger partial charge in [0.05, 0.1) is 11.1 Å². The molecule has 1 amide bonds. The van der Waals surface area contributed by atoms with Crippen LogP contribution in [-0.2, 0) is 0 Å². The molecule has 138 valence electrons. The number of carbonyl (C=O) groups excluding carboxylic acids is 1. The van der Waals surface area contributed by atoms with Crippen LogP contribution in [-0.4, -0.2) is 70.0 Å². The highest BCUT2D eigenvalue weighted by Gasteiger charge is 2.20. The molecule has 0 saturated carbocycles. The van der Waals surface area contributed by atoms with Crippen molar-refractivity contribution in [2.24, 2.45) is 0 Å². The standard InChI is InChI=1S/C11H14ClN3O.C6H4ClNO2/c1-14-4-6-15(7-5-14)11(16)9-2-3-10(12)13-8-9;7-5-2-1-4(3-8-5)6(9)10/h2-3,8H,4-7H2,1H3;1-3H,(H,9,10). The molecule has 0 aliphatic carbocycles. The Morgan fingerprint density at radius 1 is 0.923 bits per heavy atom. The average Bonchev–Trinajstić information content (AvgIpc) is 2.63. The fourth-order valence-corrected chi connectivity index (χ4v) is 2.42. The van der Waals surface area contributed by atoms with E-state index in [4.69, 9.17) is 28.3 Å². The third-order valence-corrected chi connectivity index (χ3v) is 4.19. The van der Waals surface area contributed by atoms with Gasteiger partial charge in [0, 0.05) is 38.6 Å². The first kappa shape index (κ1) is 20.1. The maximum atomic E-state index is 12.0. The Kier molecular flexibility index (Phi) is 7.32. The van der Waals surface area contributed by atoms with Gasteiger partial charge in [-0.1, -0.05) is 23.2 Å². The van der Waals surface area contributed by atoms with E-state index in [0.29, 0.717) is 15.9 Å². The lowest BCUT2D eigenvalue weighted by molar-refractivity contribution is 0.0661. The van der Waals surface area contributed by atoms with Crippen molar-refractivity contribution in [3.63, 3.8) is 0 Å². The van der Waals surface area contributed by atoms with Crippen molar-refractivity contribution in [2.75, 3.05) is 33.2 Å². The van der Waals surface area contributed by atoms with E-state index < -0.39 is 5.97 Å². The second-order valence-electron chi connectivity index (χ2n) is 5.64. The Bertz CT molecular complexity index is 746. The van der Waals surface area contributed by atoms with Crippen molar-refractivity contribution in [3.05, 3.63) is 58.1 Å². The molecule has 7 nitrogen and oxygen atoms in total. The zero-order valence-electron chi connectivity index (χ0n) is 14.1. The molecule has 1 N–H and O–H groups in total. The lowest BCUT2D eigenvalue weighted by Gasteiger charge is -2.32. The molecule has 0 unspecified atom stereocenters. The van der Waals surface area contributed by atoms with Gasteiger partial charge < -0.3 is 14.9 Å². The van der Waals surface area contributed by atoms with Crippen molar-refractivity contribution >= 4 is 35.1 Å². The van der Waals surface area contributed by atoms with Gasteiger partial charge in [-0.3, -0.25) is 4.79 Å². The summed E-state index contributed by atoms with van der Waals surface area (Å²) < 4.78 is 0. The number of hydrogen-bond donors (Lipinski definition) is 1. The number of piperazine rings is 1. The lowest BCUT2D eigenvalue weighted by Crippen LogP contribution is -2.47. The molecule has 3 heterocycles. The fraction of sp³-hybridized carbons (Fsp3) is 0.294. The number of nitrogens with zero attached hydrogens (tertiary/aromatic N) is 4. The van der Waals surface area contributed by atoms with E-state index in [9.17, 15) is 9.59 Å². The Balaban J connectivity index is 0.000000209. The average molecular weight is 397 g/mol. The topological polar surface area (TPSA) is 86.6 Å². The lowest BCUT2D eigenvalue weighted by atomic mass is 10.2. The van der Waals surface area contributed by atoms with Crippen LogP contribution in [0.15, 0.2) is 36.7 Å². The van der Waals surface area contributed by atoms with Crippen LogP contribution in [0.1, 0.15) is 20.7 Å². The Morgan fingerprint density at radius 3 is 1.85 bits per heavy atom. The van der Waals surface area contributed by atoms with Crippen molar-refractivity contribution in [3.8, 4) is 0 Å². The minimum atomic E-state index is -0.996. The van der Waals surface area contributed by atoms with Crippen LogP contribution in [0.25, 0.3) is 0 Å². The molecule has 0 aromatic carbocycles. The predicted octanol–water partition coefficient (Wildman–Crippen LogP) is 2.56. The summed E-state index contributed by atoms with van der Waals surface area (Å²) in [5.74, 6) is -0.957. The third-order valence-electron chi connectivity index (χ3n) is 3.74. The van der Waals surface area contributed by atoms with Crippen molar-refractivity contribution in [2.45, 2.75) is 0 Å². The van der Waals surface area contributed by atoms with Crippen LogP contribution >= 0.6 is 23.2 Å². The molecule has 26 heavy (non-hydrogen) atoms. The van der Waals surface area contributed by atoms with Crippen molar-refractivity contribution in [1.82, 2.24) is 19.8 Å². The number of carboxylic acid groups (broad SMARTS) is 1. The molecule has 1 aliphatic heterocycles. The van der Waals surface area contributed by atoms with Crippen molar-refractivity contribution < 1.29 is 14.7 Å². The smallest absolute Gasteiger partial charge is 0.337 e.